The minimum absolute atomic E-state index is 1.24. The predicted molar refractivity (Wildman–Crippen MR) is 173 cm³/mol. The molecule has 9 aromatic rings. The second kappa shape index (κ2) is 8.29. The second-order valence-corrected chi connectivity index (χ2v) is 11.6. The molecule has 0 spiro atoms. The van der Waals surface area contributed by atoms with Gasteiger partial charge in [-0.2, -0.15) is 0 Å². The summed E-state index contributed by atoms with van der Waals surface area (Å²) in [7, 11) is 0. The number of benzene rings is 6. The average Bonchev–Trinajstić information content (AvgIpc) is 3.62. The molecule has 40 heavy (non-hydrogen) atoms. The first kappa shape index (κ1) is 22.0. The molecule has 0 aliphatic carbocycles. The molecule has 6 aromatic carbocycles. The van der Waals surface area contributed by atoms with Gasteiger partial charge in [-0.25, -0.2) is 0 Å². The molecule has 0 radical (unpaired) electrons. The number of aromatic nitrogens is 1. The minimum Gasteiger partial charge on any atom is -0.299 e. The zero-order valence-electron chi connectivity index (χ0n) is 21.6. The summed E-state index contributed by atoms with van der Waals surface area (Å²) in [5, 5.41) is 7.94. The van der Waals surface area contributed by atoms with Gasteiger partial charge in [0.1, 0.15) is 4.83 Å². The van der Waals surface area contributed by atoms with Crippen molar-refractivity contribution in [2.75, 3.05) is 0 Å². The molecule has 0 aliphatic rings. The maximum absolute atomic E-state index is 2.52. The number of nitrogens with zero attached hydrogens (tertiary/aromatic N) is 1. The lowest BCUT2D eigenvalue weighted by Crippen LogP contribution is -1.88. The van der Waals surface area contributed by atoms with Crippen LogP contribution in [0, 0.1) is 0 Å². The Labute approximate surface area is 235 Å². The molecule has 0 aliphatic heterocycles. The first-order valence-electron chi connectivity index (χ1n) is 13.7. The Balaban J connectivity index is 1.42. The number of fused-ring (bicyclic) bond motifs is 6. The maximum Gasteiger partial charge on any atom is 0.109 e. The molecule has 3 aromatic heterocycles. The molecule has 0 amide bonds. The Kier molecular flexibility index (Phi) is 4.55. The monoisotopic (exact) mass is 525 g/mol. The SMILES string of the molecule is c1ccc(-c2ccc(-c3ccccc3)c(-c3cc4c5cccc6ccc7c8ccccc8n(c4s3)c7c65)c2)cc1. The Morgan fingerprint density at radius 2 is 1.20 bits per heavy atom. The van der Waals surface area contributed by atoms with E-state index in [-0.39, 0.29) is 0 Å². The molecule has 3 heterocycles. The van der Waals surface area contributed by atoms with E-state index in [9.17, 15) is 0 Å². The molecule has 2 heteroatoms. The van der Waals surface area contributed by atoms with E-state index in [1.807, 2.05) is 11.3 Å². The van der Waals surface area contributed by atoms with Crippen molar-refractivity contribution in [3.63, 3.8) is 0 Å². The molecule has 0 atom stereocenters. The number of hydrogen-bond acceptors (Lipinski definition) is 1. The fraction of sp³-hybridized carbons (Fsp3) is 0. The van der Waals surface area contributed by atoms with Crippen LogP contribution >= 0.6 is 11.3 Å². The second-order valence-electron chi connectivity index (χ2n) is 10.5. The summed E-state index contributed by atoms with van der Waals surface area (Å²) in [4.78, 5) is 2.59. The van der Waals surface area contributed by atoms with Gasteiger partial charge >= 0.3 is 0 Å². The molecule has 0 unspecified atom stereocenters. The highest BCUT2D eigenvalue weighted by Crippen LogP contribution is 2.47. The van der Waals surface area contributed by atoms with Gasteiger partial charge in [0.2, 0.25) is 0 Å². The van der Waals surface area contributed by atoms with E-state index < -0.39 is 0 Å². The van der Waals surface area contributed by atoms with Gasteiger partial charge in [0.25, 0.3) is 0 Å². The van der Waals surface area contributed by atoms with Gasteiger partial charge in [0, 0.05) is 32.0 Å². The van der Waals surface area contributed by atoms with Crippen molar-refractivity contribution in [3.8, 4) is 32.7 Å². The molecule has 0 N–H and O–H groups in total. The van der Waals surface area contributed by atoms with Crippen molar-refractivity contribution >= 4 is 59.5 Å². The van der Waals surface area contributed by atoms with Crippen molar-refractivity contribution < 1.29 is 0 Å². The molecular formula is C38H23NS. The average molecular weight is 526 g/mol. The Bertz CT molecular complexity index is 2360. The summed E-state index contributed by atoms with van der Waals surface area (Å²) >= 11 is 1.90. The van der Waals surface area contributed by atoms with E-state index in [1.54, 1.807) is 0 Å². The van der Waals surface area contributed by atoms with Crippen molar-refractivity contribution in [2.24, 2.45) is 0 Å². The quantitative estimate of drug-likeness (QED) is 0.216. The first-order valence-corrected chi connectivity index (χ1v) is 14.5. The largest absolute Gasteiger partial charge is 0.299 e. The van der Waals surface area contributed by atoms with Crippen molar-refractivity contribution in [3.05, 3.63) is 140 Å². The zero-order chi connectivity index (χ0) is 26.2. The fourth-order valence-electron chi connectivity index (χ4n) is 6.56. The Morgan fingerprint density at radius 1 is 0.450 bits per heavy atom. The van der Waals surface area contributed by atoms with E-state index in [1.165, 1.54) is 80.9 Å². The fourth-order valence-corrected chi connectivity index (χ4v) is 7.79. The predicted octanol–water partition coefficient (Wildman–Crippen LogP) is 11.1. The lowest BCUT2D eigenvalue weighted by atomic mass is 9.94. The van der Waals surface area contributed by atoms with E-state index in [0.717, 1.165) is 0 Å². The van der Waals surface area contributed by atoms with Crippen LogP contribution in [-0.4, -0.2) is 4.40 Å². The van der Waals surface area contributed by atoms with Gasteiger partial charge in [-0.3, -0.25) is 4.40 Å². The van der Waals surface area contributed by atoms with Crippen LogP contribution in [0.3, 0.4) is 0 Å². The van der Waals surface area contributed by atoms with Crippen LogP contribution in [0.1, 0.15) is 0 Å². The third-order valence-electron chi connectivity index (χ3n) is 8.36. The maximum atomic E-state index is 2.52. The van der Waals surface area contributed by atoms with Crippen LogP contribution in [0.5, 0.6) is 0 Å². The Hall–Kier alpha value is -4.92. The van der Waals surface area contributed by atoms with Gasteiger partial charge in [-0.05, 0) is 51.2 Å². The lowest BCUT2D eigenvalue weighted by molar-refractivity contribution is 1.38. The van der Waals surface area contributed by atoms with E-state index >= 15 is 0 Å². The standard InChI is InChI=1S/C38H23NS/c1-3-10-24(11-4-1)27-19-20-28(25-12-5-2-6-13-25)32(22-27)35-23-33-30-16-9-14-26-18-21-31-29-15-7-8-17-34(29)39(38(33)40-35)37(31)36(26)30/h1-23H. The lowest BCUT2D eigenvalue weighted by Gasteiger charge is -2.11. The van der Waals surface area contributed by atoms with Crippen LogP contribution < -0.4 is 0 Å². The summed E-state index contributed by atoms with van der Waals surface area (Å²) in [6.07, 6.45) is 0. The van der Waals surface area contributed by atoms with Gasteiger partial charge in [0.05, 0.1) is 11.0 Å². The van der Waals surface area contributed by atoms with Crippen LogP contribution in [0.2, 0.25) is 0 Å². The number of hydrogen-bond donors (Lipinski definition) is 0. The normalized spacial score (nSPS) is 12.0. The van der Waals surface area contributed by atoms with Crippen LogP contribution in [0.4, 0.5) is 0 Å². The smallest absolute Gasteiger partial charge is 0.109 e. The molecule has 0 saturated carbocycles. The summed E-state index contributed by atoms with van der Waals surface area (Å²) in [6, 6.07) is 51.0. The number of para-hydroxylation sites is 1. The molecule has 0 fully saturated rings. The highest BCUT2D eigenvalue weighted by Gasteiger charge is 2.21. The molecule has 1 nitrogen and oxygen atoms in total. The summed E-state index contributed by atoms with van der Waals surface area (Å²) in [6.45, 7) is 0. The first-order chi connectivity index (χ1) is 19.8. The van der Waals surface area contributed by atoms with Crippen LogP contribution in [0.15, 0.2) is 140 Å². The summed E-state index contributed by atoms with van der Waals surface area (Å²) < 4.78 is 2.52. The van der Waals surface area contributed by atoms with Gasteiger partial charge < -0.3 is 0 Å². The third kappa shape index (κ3) is 3.03. The van der Waals surface area contributed by atoms with E-state index in [2.05, 4.69) is 144 Å². The minimum atomic E-state index is 1.24. The van der Waals surface area contributed by atoms with Crippen LogP contribution in [0.25, 0.3) is 80.9 Å². The van der Waals surface area contributed by atoms with E-state index in [0.29, 0.717) is 0 Å². The number of thiophene rings is 1. The summed E-state index contributed by atoms with van der Waals surface area (Å²) in [5.41, 5.74) is 8.85. The van der Waals surface area contributed by atoms with Gasteiger partial charge in [0.15, 0.2) is 0 Å². The highest BCUT2D eigenvalue weighted by atomic mass is 32.1. The number of rotatable bonds is 3. The third-order valence-corrected chi connectivity index (χ3v) is 9.51. The van der Waals surface area contributed by atoms with Crippen LogP contribution in [-0.2, 0) is 0 Å². The molecule has 0 bridgehead atoms. The van der Waals surface area contributed by atoms with Crippen molar-refractivity contribution in [1.29, 1.82) is 0 Å². The van der Waals surface area contributed by atoms with Crippen molar-refractivity contribution in [2.45, 2.75) is 0 Å². The highest BCUT2D eigenvalue weighted by molar-refractivity contribution is 7.22. The molecule has 9 rings (SSSR count). The number of pyridine rings is 1. The van der Waals surface area contributed by atoms with Gasteiger partial charge in [-0.15, -0.1) is 11.3 Å². The molecule has 0 saturated heterocycles. The molecule has 186 valence electrons. The van der Waals surface area contributed by atoms with Crippen molar-refractivity contribution in [1.82, 2.24) is 4.40 Å². The topological polar surface area (TPSA) is 4.41 Å². The zero-order valence-corrected chi connectivity index (χ0v) is 22.5. The van der Waals surface area contributed by atoms with E-state index in [4.69, 9.17) is 0 Å². The summed E-state index contributed by atoms with van der Waals surface area (Å²) in [5.74, 6) is 0. The van der Waals surface area contributed by atoms with Gasteiger partial charge in [-0.1, -0.05) is 121 Å². The Morgan fingerprint density at radius 3 is 2.05 bits per heavy atom. The molecular weight excluding hydrogens is 502 g/mol.